The third-order valence-electron chi connectivity index (χ3n) is 4.54. The Morgan fingerprint density at radius 1 is 1.04 bits per heavy atom. The molecular formula is C22H23NO3S. The van der Waals surface area contributed by atoms with E-state index < -0.39 is 0 Å². The Kier molecular flexibility index (Phi) is 5.81. The number of nitrogens with one attached hydrogen (secondary N) is 1. The molecule has 1 atom stereocenters. The van der Waals surface area contributed by atoms with Gasteiger partial charge in [0.1, 0.15) is 0 Å². The summed E-state index contributed by atoms with van der Waals surface area (Å²) in [5.41, 5.74) is 3.71. The van der Waals surface area contributed by atoms with Gasteiger partial charge in [0.05, 0.1) is 25.8 Å². The minimum atomic E-state index is -0.166. The Morgan fingerprint density at radius 3 is 2.41 bits per heavy atom. The van der Waals surface area contributed by atoms with E-state index in [-0.39, 0.29) is 11.9 Å². The van der Waals surface area contributed by atoms with Gasteiger partial charge in [-0.15, -0.1) is 11.3 Å². The summed E-state index contributed by atoms with van der Waals surface area (Å²) in [6, 6.07) is 15.5. The average Bonchev–Trinajstić information content (AvgIpc) is 3.09. The molecule has 2 aromatic carbocycles. The Bertz CT molecular complexity index is 934. The van der Waals surface area contributed by atoms with E-state index in [4.69, 9.17) is 9.47 Å². The van der Waals surface area contributed by atoms with E-state index in [9.17, 15) is 4.79 Å². The summed E-state index contributed by atoms with van der Waals surface area (Å²) >= 11 is 1.59. The number of ether oxygens (including phenoxy) is 2. The van der Waals surface area contributed by atoms with Crippen LogP contribution in [0.2, 0.25) is 0 Å². The van der Waals surface area contributed by atoms with Gasteiger partial charge in [0.15, 0.2) is 11.5 Å². The predicted molar refractivity (Wildman–Crippen MR) is 110 cm³/mol. The topological polar surface area (TPSA) is 47.6 Å². The minimum Gasteiger partial charge on any atom is -0.493 e. The van der Waals surface area contributed by atoms with Crippen LogP contribution in [0.3, 0.4) is 0 Å². The second-order valence-corrected chi connectivity index (χ2v) is 7.34. The van der Waals surface area contributed by atoms with E-state index >= 15 is 0 Å². The van der Waals surface area contributed by atoms with Crippen molar-refractivity contribution in [3.63, 3.8) is 0 Å². The Labute approximate surface area is 163 Å². The van der Waals surface area contributed by atoms with E-state index in [1.807, 2.05) is 67.8 Å². The molecule has 0 saturated heterocycles. The smallest absolute Gasteiger partial charge is 0.253 e. The first kappa shape index (κ1) is 19.0. The predicted octanol–water partition coefficient (Wildman–Crippen LogP) is 5.23. The SMILES string of the molecule is COc1ccc([C@@H](C)NC(=O)c2csc(C)c2-c2ccccc2)cc1OC. The molecule has 0 unspecified atom stereocenters. The minimum absolute atomic E-state index is 0.0829. The first-order valence-corrected chi connectivity index (χ1v) is 9.59. The maximum Gasteiger partial charge on any atom is 0.253 e. The van der Waals surface area contributed by atoms with Crippen LogP contribution in [0.25, 0.3) is 11.1 Å². The molecule has 0 aliphatic heterocycles. The largest absolute Gasteiger partial charge is 0.493 e. The van der Waals surface area contributed by atoms with Crippen LogP contribution >= 0.6 is 11.3 Å². The first-order chi connectivity index (χ1) is 13.0. The van der Waals surface area contributed by atoms with E-state index in [0.29, 0.717) is 17.1 Å². The molecule has 1 aromatic heterocycles. The zero-order chi connectivity index (χ0) is 19.4. The van der Waals surface area contributed by atoms with Crippen molar-refractivity contribution in [3.8, 4) is 22.6 Å². The van der Waals surface area contributed by atoms with E-state index in [1.165, 1.54) is 0 Å². The summed E-state index contributed by atoms with van der Waals surface area (Å²) in [6.45, 7) is 4.00. The van der Waals surface area contributed by atoms with Crippen molar-refractivity contribution in [2.75, 3.05) is 14.2 Å². The number of thiophene rings is 1. The number of carbonyl (C=O) groups is 1. The fraction of sp³-hybridized carbons (Fsp3) is 0.227. The Morgan fingerprint density at radius 2 is 1.74 bits per heavy atom. The van der Waals surface area contributed by atoms with Crippen LogP contribution < -0.4 is 14.8 Å². The number of aryl methyl sites for hydroxylation is 1. The lowest BCUT2D eigenvalue weighted by Gasteiger charge is -2.17. The zero-order valence-corrected chi connectivity index (χ0v) is 16.7. The van der Waals surface area contributed by atoms with Crippen molar-refractivity contribution in [2.45, 2.75) is 19.9 Å². The molecule has 0 saturated carbocycles. The summed E-state index contributed by atoms with van der Waals surface area (Å²) in [6.07, 6.45) is 0. The standard InChI is InChI=1S/C22H23NO3S/c1-14(17-10-11-19(25-3)20(12-17)26-4)23-22(24)18-13-27-15(2)21(18)16-8-6-5-7-9-16/h5-14H,1-4H3,(H,23,24)/t14-/m1/s1. The molecule has 1 amide bonds. The van der Waals surface area contributed by atoms with Crippen molar-refractivity contribution in [3.05, 3.63) is 69.9 Å². The lowest BCUT2D eigenvalue weighted by atomic mass is 10.0. The van der Waals surface area contributed by atoms with Gasteiger partial charge in [-0.2, -0.15) is 0 Å². The quantitative estimate of drug-likeness (QED) is 0.636. The van der Waals surface area contributed by atoms with Crippen molar-refractivity contribution in [1.82, 2.24) is 5.32 Å². The molecule has 0 aliphatic rings. The van der Waals surface area contributed by atoms with Crippen molar-refractivity contribution >= 4 is 17.2 Å². The van der Waals surface area contributed by atoms with Crippen molar-refractivity contribution < 1.29 is 14.3 Å². The van der Waals surface area contributed by atoms with Gasteiger partial charge in [-0.1, -0.05) is 36.4 Å². The van der Waals surface area contributed by atoms with Gasteiger partial charge in [-0.05, 0) is 37.1 Å². The molecule has 27 heavy (non-hydrogen) atoms. The van der Waals surface area contributed by atoms with E-state index in [1.54, 1.807) is 25.6 Å². The fourth-order valence-corrected chi connectivity index (χ4v) is 3.93. The molecular weight excluding hydrogens is 358 g/mol. The van der Waals surface area contributed by atoms with Crippen LogP contribution in [0.1, 0.15) is 33.8 Å². The average molecular weight is 381 g/mol. The normalized spacial score (nSPS) is 11.7. The molecule has 1 N–H and O–H groups in total. The maximum atomic E-state index is 13.0. The molecule has 140 valence electrons. The number of methoxy groups -OCH3 is 2. The lowest BCUT2D eigenvalue weighted by Crippen LogP contribution is -2.26. The Balaban J connectivity index is 1.84. The van der Waals surface area contributed by atoms with Crippen LogP contribution in [-0.2, 0) is 0 Å². The van der Waals surface area contributed by atoms with Gasteiger partial charge >= 0.3 is 0 Å². The summed E-state index contributed by atoms with van der Waals surface area (Å²) in [5, 5.41) is 5.02. The summed E-state index contributed by atoms with van der Waals surface area (Å²) in [5.74, 6) is 1.23. The maximum absolute atomic E-state index is 13.0. The fourth-order valence-electron chi connectivity index (χ4n) is 3.07. The van der Waals surface area contributed by atoms with Gasteiger partial charge < -0.3 is 14.8 Å². The zero-order valence-electron chi connectivity index (χ0n) is 15.9. The number of amides is 1. The van der Waals surface area contributed by atoms with Gasteiger partial charge in [-0.25, -0.2) is 0 Å². The van der Waals surface area contributed by atoms with Gasteiger partial charge in [0.2, 0.25) is 0 Å². The highest BCUT2D eigenvalue weighted by Gasteiger charge is 2.19. The van der Waals surface area contributed by atoms with Gasteiger partial charge in [0.25, 0.3) is 5.91 Å². The van der Waals surface area contributed by atoms with Crippen LogP contribution in [0.15, 0.2) is 53.9 Å². The highest BCUT2D eigenvalue weighted by molar-refractivity contribution is 7.10. The third-order valence-corrected chi connectivity index (χ3v) is 5.45. The van der Waals surface area contributed by atoms with E-state index in [0.717, 1.165) is 21.6 Å². The number of rotatable bonds is 6. The highest BCUT2D eigenvalue weighted by Crippen LogP contribution is 2.33. The lowest BCUT2D eigenvalue weighted by molar-refractivity contribution is 0.0941. The molecule has 0 spiro atoms. The monoisotopic (exact) mass is 381 g/mol. The molecule has 0 aliphatic carbocycles. The third kappa shape index (κ3) is 3.98. The molecule has 0 fully saturated rings. The number of hydrogen-bond donors (Lipinski definition) is 1. The molecule has 1 heterocycles. The molecule has 5 heteroatoms. The first-order valence-electron chi connectivity index (χ1n) is 8.71. The van der Waals surface area contributed by atoms with Gasteiger partial charge in [-0.3, -0.25) is 4.79 Å². The summed E-state index contributed by atoms with van der Waals surface area (Å²) in [7, 11) is 3.21. The van der Waals surface area contributed by atoms with Crippen LogP contribution in [0, 0.1) is 6.92 Å². The van der Waals surface area contributed by atoms with E-state index in [2.05, 4.69) is 5.32 Å². The molecule has 3 aromatic rings. The van der Waals surface area contributed by atoms with Crippen LogP contribution in [-0.4, -0.2) is 20.1 Å². The second-order valence-electron chi connectivity index (χ2n) is 6.26. The number of carbonyl (C=O) groups excluding carboxylic acids is 1. The molecule has 3 rings (SSSR count). The number of hydrogen-bond acceptors (Lipinski definition) is 4. The molecule has 0 bridgehead atoms. The second kappa shape index (κ2) is 8.27. The number of benzene rings is 2. The van der Waals surface area contributed by atoms with Crippen molar-refractivity contribution in [2.24, 2.45) is 0 Å². The molecule has 4 nitrogen and oxygen atoms in total. The van der Waals surface area contributed by atoms with Crippen molar-refractivity contribution in [1.29, 1.82) is 0 Å². The Hall–Kier alpha value is -2.79. The highest BCUT2D eigenvalue weighted by atomic mass is 32.1. The molecule has 0 radical (unpaired) electrons. The summed E-state index contributed by atoms with van der Waals surface area (Å²) in [4.78, 5) is 14.1. The summed E-state index contributed by atoms with van der Waals surface area (Å²) < 4.78 is 10.6. The van der Waals surface area contributed by atoms with Crippen LogP contribution in [0.4, 0.5) is 0 Å². The van der Waals surface area contributed by atoms with Gasteiger partial charge in [0, 0.05) is 15.8 Å². The van der Waals surface area contributed by atoms with Crippen LogP contribution in [0.5, 0.6) is 11.5 Å².